The smallest absolute Gasteiger partial charge is 0.128 e. The van der Waals surface area contributed by atoms with Crippen LogP contribution >= 0.6 is 0 Å². The van der Waals surface area contributed by atoms with Crippen molar-refractivity contribution in [1.82, 2.24) is 10.2 Å². The highest BCUT2D eigenvalue weighted by atomic mass is 16.5. The molecule has 3 N–H and O–H groups in total. The molecule has 0 saturated carbocycles. The van der Waals surface area contributed by atoms with Gasteiger partial charge in [0.2, 0.25) is 0 Å². The monoisotopic (exact) mass is 231 g/mol. The molecule has 4 heteroatoms. The zero-order chi connectivity index (χ0) is 12.1. The van der Waals surface area contributed by atoms with Gasteiger partial charge in [-0.1, -0.05) is 12.1 Å². The lowest BCUT2D eigenvalue weighted by Crippen LogP contribution is -2.00. The Morgan fingerprint density at radius 1 is 1.35 bits per heavy atom. The minimum absolute atomic E-state index is 0.697. The van der Waals surface area contributed by atoms with Gasteiger partial charge in [-0.3, -0.25) is 5.10 Å². The molecule has 0 aliphatic rings. The number of methoxy groups -OCH3 is 1. The van der Waals surface area contributed by atoms with Gasteiger partial charge in [-0.25, -0.2) is 0 Å². The summed E-state index contributed by atoms with van der Waals surface area (Å²) in [6.07, 6.45) is 1.90. The summed E-state index contributed by atoms with van der Waals surface area (Å²) >= 11 is 0. The summed E-state index contributed by atoms with van der Waals surface area (Å²) in [4.78, 5) is 0. The van der Waals surface area contributed by atoms with E-state index in [9.17, 15) is 0 Å². The van der Waals surface area contributed by atoms with Crippen molar-refractivity contribution in [2.45, 2.75) is 12.8 Å². The molecular formula is C13H17N3O. The van der Waals surface area contributed by atoms with Gasteiger partial charge in [-0.15, -0.1) is 0 Å². The fraction of sp³-hybridized carbons (Fsp3) is 0.308. The van der Waals surface area contributed by atoms with E-state index in [0.717, 1.165) is 35.5 Å². The molecule has 2 aromatic rings. The van der Waals surface area contributed by atoms with E-state index in [1.54, 1.807) is 7.11 Å². The standard InChI is InChI=1S/C13H17N3O/c1-17-13-7-3-2-6-11(13)12-9-10(15-16-12)5-4-8-14/h2-3,6-7,9H,4-5,8,14H2,1H3,(H,15,16). The molecular weight excluding hydrogens is 214 g/mol. The topological polar surface area (TPSA) is 63.9 Å². The average molecular weight is 231 g/mol. The van der Waals surface area contributed by atoms with E-state index in [1.165, 1.54) is 0 Å². The Morgan fingerprint density at radius 2 is 2.18 bits per heavy atom. The van der Waals surface area contributed by atoms with Crippen LogP contribution < -0.4 is 10.5 Å². The summed E-state index contributed by atoms with van der Waals surface area (Å²) < 4.78 is 5.32. The van der Waals surface area contributed by atoms with E-state index in [0.29, 0.717) is 6.54 Å². The number of para-hydroxylation sites is 1. The van der Waals surface area contributed by atoms with Gasteiger partial charge in [0.1, 0.15) is 5.75 Å². The number of benzene rings is 1. The number of aromatic amines is 1. The number of aryl methyl sites for hydroxylation is 1. The van der Waals surface area contributed by atoms with E-state index in [2.05, 4.69) is 10.2 Å². The molecule has 0 unspecified atom stereocenters. The Labute approximate surface area is 101 Å². The van der Waals surface area contributed by atoms with Crippen LogP contribution in [0.1, 0.15) is 12.1 Å². The second-order valence-corrected chi connectivity index (χ2v) is 3.87. The van der Waals surface area contributed by atoms with Gasteiger partial charge in [-0.2, -0.15) is 5.10 Å². The maximum absolute atomic E-state index is 5.49. The van der Waals surface area contributed by atoms with E-state index in [1.807, 2.05) is 30.3 Å². The highest BCUT2D eigenvalue weighted by Gasteiger charge is 2.08. The third-order valence-corrected chi connectivity index (χ3v) is 2.66. The van der Waals surface area contributed by atoms with Gasteiger partial charge >= 0.3 is 0 Å². The van der Waals surface area contributed by atoms with Crippen molar-refractivity contribution in [1.29, 1.82) is 0 Å². The van der Waals surface area contributed by atoms with Crippen LogP contribution in [0, 0.1) is 0 Å². The fourth-order valence-corrected chi connectivity index (χ4v) is 1.78. The molecule has 0 aliphatic carbocycles. The van der Waals surface area contributed by atoms with Crippen molar-refractivity contribution >= 4 is 0 Å². The molecule has 0 aliphatic heterocycles. The number of hydrogen-bond donors (Lipinski definition) is 2. The van der Waals surface area contributed by atoms with Gasteiger partial charge in [0.25, 0.3) is 0 Å². The van der Waals surface area contributed by atoms with Gasteiger partial charge in [0, 0.05) is 11.3 Å². The fourth-order valence-electron chi connectivity index (χ4n) is 1.78. The van der Waals surface area contributed by atoms with Crippen LogP contribution in [-0.2, 0) is 6.42 Å². The van der Waals surface area contributed by atoms with Crippen molar-refractivity contribution in [3.05, 3.63) is 36.0 Å². The number of nitrogens with one attached hydrogen (secondary N) is 1. The molecule has 1 aromatic heterocycles. The summed E-state index contributed by atoms with van der Waals surface area (Å²) in [5.41, 5.74) is 8.51. The van der Waals surface area contributed by atoms with Crippen LogP contribution in [0.15, 0.2) is 30.3 Å². The molecule has 1 heterocycles. The van der Waals surface area contributed by atoms with Crippen molar-refractivity contribution < 1.29 is 4.74 Å². The first-order valence-corrected chi connectivity index (χ1v) is 5.73. The summed E-state index contributed by atoms with van der Waals surface area (Å²) in [5.74, 6) is 0.837. The second-order valence-electron chi connectivity index (χ2n) is 3.87. The Hall–Kier alpha value is -1.81. The van der Waals surface area contributed by atoms with Crippen molar-refractivity contribution in [3.8, 4) is 17.0 Å². The Bertz CT molecular complexity index is 479. The minimum Gasteiger partial charge on any atom is -0.496 e. The lowest BCUT2D eigenvalue weighted by molar-refractivity contribution is 0.416. The zero-order valence-electron chi connectivity index (χ0n) is 9.94. The first-order chi connectivity index (χ1) is 8.35. The normalized spacial score (nSPS) is 10.5. The van der Waals surface area contributed by atoms with Crippen molar-refractivity contribution in [3.63, 3.8) is 0 Å². The molecule has 0 spiro atoms. The van der Waals surface area contributed by atoms with Gasteiger partial charge in [-0.05, 0) is 37.6 Å². The van der Waals surface area contributed by atoms with E-state index in [-0.39, 0.29) is 0 Å². The molecule has 0 fully saturated rings. The number of H-pyrrole nitrogens is 1. The summed E-state index contributed by atoms with van der Waals surface area (Å²) in [5, 5.41) is 7.33. The predicted octanol–water partition coefficient (Wildman–Crippen LogP) is 1.98. The third-order valence-electron chi connectivity index (χ3n) is 2.66. The van der Waals surface area contributed by atoms with Gasteiger partial charge < -0.3 is 10.5 Å². The summed E-state index contributed by atoms with van der Waals surface area (Å²) in [6, 6.07) is 9.91. The first kappa shape index (κ1) is 11.7. The molecule has 1 aromatic carbocycles. The van der Waals surface area contributed by atoms with Crippen LogP contribution in [0.25, 0.3) is 11.3 Å². The minimum atomic E-state index is 0.697. The van der Waals surface area contributed by atoms with E-state index < -0.39 is 0 Å². The summed E-state index contributed by atoms with van der Waals surface area (Å²) in [6.45, 7) is 0.697. The maximum Gasteiger partial charge on any atom is 0.128 e. The number of aromatic nitrogens is 2. The average Bonchev–Trinajstić information content (AvgIpc) is 2.85. The molecule has 0 amide bonds. The van der Waals surface area contributed by atoms with Crippen LogP contribution in [0.3, 0.4) is 0 Å². The van der Waals surface area contributed by atoms with Crippen molar-refractivity contribution in [2.24, 2.45) is 5.73 Å². The Balaban J connectivity index is 2.24. The van der Waals surface area contributed by atoms with Crippen molar-refractivity contribution in [2.75, 3.05) is 13.7 Å². The van der Waals surface area contributed by atoms with Crippen LogP contribution in [0.5, 0.6) is 5.75 Å². The molecule has 90 valence electrons. The molecule has 0 saturated heterocycles. The Morgan fingerprint density at radius 3 is 2.94 bits per heavy atom. The lowest BCUT2D eigenvalue weighted by atomic mass is 10.1. The SMILES string of the molecule is COc1ccccc1-c1cc(CCCN)[nH]n1. The highest BCUT2D eigenvalue weighted by molar-refractivity contribution is 5.67. The molecule has 4 nitrogen and oxygen atoms in total. The largest absolute Gasteiger partial charge is 0.496 e. The summed E-state index contributed by atoms with van der Waals surface area (Å²) in [7, 11) is 1.67. The molecule has 0 bridgehead atoms. The second kappa shape index (κ2) is 5.50. The number of rotatable bonds is 5. The quantitative estimate of drug-likeness (QED) is 0.827. The number of nitrogens with zero attached hydrogens (tertiary/aromatic N) is 1. The highest BCUT2D eigenvalue weighted by Crippen LogP contribution is 2.28. The van der Waals surface area contributed by atoms with Gasteiger partial charge in [0.05, 0.1) is 12.8 Å². The predicted molar refractivity (Wildman–Crippen MR) is 68.0 cm³/mol. The molecule has 0 radical (unpaired) electrons. The number of ether oxygens (including phenoxy) is 1. The number of hydrogen-bond acceptors (Lipinski definition) is 3. The molecule has 2 rings (SSSR count). The van der Waals surface area contributed by atoms with Crippen LogP contribution in [0.2, 0.25) is 0 Å². The van der Waals surface area contributed by atoms with E-state index >= 15 is 0 Å². The first-order valence-electron chi connectivity index (χ1n) is 5.73. The van der Waals surface area contributed by atoms with Gasteiger partial charge in [0.15, 0.2) is 0 Å². The van der Waals surface area contributed by atoms with Crippen LogP contribution in [-0.4, -0.2) is 23.9 Å². The Kier molecular flexibility index (Phi) is 3.77. The zero-order valence-corrected chi connectivity index (χ0v) is 9.94. The maximum atomic E-state index is 5.49. The molecule has 0 atom stereocenters. The lowest BCUT2D eigenvalue weighted by Gasteiger charge is -2.04. The third kappa shape index (κ3) is 2.65. The van der Waals surface area contributed by atoms with E-state index in [4.69, 9.17) is 10.5 Å². The number of nitrogens with two attached hydrogens (primary N) is 1. The van der Waals surface area contributed by atoms with Crippen LogP contribution in [0.4, 0.5) is 0 Å². The molecule has 17 heavy (non-hydrogen) atoms.